The number of carbonyl (C=O) groups is 1. The molecule has 0 saturated carbocycles. The third-order valence-corrected chi connectivity index (χ3v) is 3.31. The zero-order valence-corrected chi connectivity index (χ0v) is 10.4. The fraction of sp³-hybridized carbons (Fsp3) is 0.900. The maximum Gasteiger partial charge on any atom is 0.224 e. The summed E-state index contributed by atoms with van der Waals surface area (Å²) in [6.07, 6.45) is 0. The van der Waals surface area contributed by atoms with Crippen molar-refractivity contribution >= 4 is 17.7 Å². The Kier molecular flexibility index (Phi) is 7.01. The normalized spacial score (nSPS) is 17.2. The molecule has 0 spiro atoms. The molecule has 3 unspecified atom stereocenters. The summed E-state index contributed by atoms with van der Waals surface area (Å²) in [7, 11) is 0. The maximum absolute atomic E-state index is 11.6. The summed E-state index contributed by atoms with van der Waals surface area (Å²) in [4.78, 5) is 11.6. The molecule has 3 nitrogen and oxygen atoms in total. The van der Waals surface area contributed by atoms with Crippen molar-refractivity contribution in [2.24, 2.45) is 11.7 Å². The van der Waals surface area contributed by atoms with Crippen LogP contribution in [0.3, 0.4) is 0 Å². The van der Waals surface area contributed by atoms with Crippen molar-refractivity contribution in [2.75, 3.05) is 11.5 Å². The van der Waals surface area contributed by atoms with Crippen LogP contribution in [0.4, 0.5) is 0 Å². The van der Waals surface area contributed by atoms with Crippen LogP contribution < -0.4 is 11.1 Å². The molecule has 14 heavy (non-hydrogen) atoms. The Morgan fingerprint density at radius 1 is 1.43 bits per heavy atom. The fourth-order valence-corrected chi connectivity index (χ4v) is 1.62. The van der Waals surface area contributed by atoms with Crippen LogP contribution >= 0.6 is 11.8 Å². The van der Waals surface area contributed by atoms with Gasteiger partial charge in [-0.05, 0) is 19.6 Å². The molecule has 4 heteroatoms. The highest BCUT2D eigenvalue weighted by atomic mass is 32.2. The van der Waals surface area contributed by atoms with E-state index in [9.17, 15) is 4.79 Å². The van der Waals surface area contributed by atoms with E-state index in [4.69, 9.17) is 5.73 Å². The molecule has 0 fully saturated rings. The Morgan fingerprint density at radius 2 is 2.00 bits per heavy atom. The Labute approximate surface area is 91.2 Å². The highest BCUT2D eigenvalue weighted by molar-refractivity contribution is 7.99. The van der Waals surface area contributed by atoms with Gasteiger partial charge < -0.3 is 11.1 Å². The van der Waals surface area contributed by atoms with Crippen LogP contribution in [0.15, 0.2) is 0 Å². The highest BCUT2D eigenvalue weighted by Crippen LogP contribution is 2.04. The first-order chi connectivity index (χ1) is 6.49. The first kappa shape index (κ1) is 13.8. The molecule has 0 aromatic rings. The standard InChI is InChI=1S/C10H22N2OS/c1-5-14-6-7(2)12-10(13)8(3)9(4)11/h7-9H,5-6,11H2,1-4H3,(H,12,13). The Bertz CT molecular complexity index is 174. The Balaban J connectivity index is 3.81. The van der Waals surface area contributed by atoms with Crippen LogP contribution in [-0.2, 0) is 4.79 Å². The number of amides is 1. The molecule has 1 amide bonds. The molecule has 0 aromatic heterocycles. The van der Waals surface area contributed by atoms with E-state index in [1.165, 1.54) is 0 Å². The first-order valence-corrected chi connectivity index (χ1v) is 6.28. The highest BCUT2D eigenvalue weighted by Gasteiger charge is 2.18. The lowest BCUT2D eigenvalue weighted by Gasteiger charge is -2.19. The SMILES string of the molecule is CCSCC(C)NC(=O)C(C)C(C)N. The molecule has 3 atom stereocenters. The third kappa shape index (κ3) is 5.50. The molecule has 0 bridgehead atoms. The van der Waals surface area contributed by atoms with E-state index >= 15 is 0 Å². The summed E-state index contributed by atoms with van der Waals surface area (Å²) in [6, 6.07) is 0.148. The van der Waals surface area contributed by atoms with Gasteiger partial charge in [0.05, 0.1) is 0 Å². The summed E-state index contributed by atoms with van der Waals surface area (Å²) >= 11 is 1.83. The van der Waals surface area contributed by atoms with Gasteiger partial charge in [0.2, 0.25) is 5.91 Å². The number of hydrogen-bond donors (Lipinski definition) is 2. The molecule has 3 N–H and O–H groups in total. The van der Waals surface area contributed by atoms with Crippen molar-refractivity contribution in [1.29, 1.82) is 0 Å². The van der Waals surface area contributed by atoms with Gasteiger partial charge in [-0.1, -0.05) is 13.8 Å². The van der Waals surface area contributed by atoms with Crippen LogP contribution in [0.2, 0.25) is 0 Å². The average molecular weight is 218 g/mol. The minimum Gasteiger partial charge on any atom is -0.353 e. The fourth-order valence-electron chi connectivity index (χ4n) is 0.949. The molecule has 0 aliphatic rings. The molecular weight excluding hydrogens is 196 g/mol. The number of nitrogens with one attached hydrogen (secondary N) is 1. The second-order valence-corrected chi connectivity index (χ2v) is 5.04. The van der Waals surface area contributed by atoms with Crippen LogP contribution in [0.1, 0.15) is 27.7 Å². The van der Waals surface area contributed by atoms with Crippen LogP contribution in [0.5, 0.6) is 0 Å². The van der Waals surface area contributed by atoms with Gasteiger partial charge in [-0.2, -0.15) is 11.8 Å². The zero-order chi connectivity index (χ0) is 11.1. The molecule has 0 heterocycles. The lowest BCUT2D eigenvalue weighted by molar-refractivity contribution is -0.125. The molecule has 0 aliphatic heterocycles. The van der Waals surface area contributed by atoms with Gasteiger partial charge in [0.1, 0.15) is 0 Å². The maximum atomic E-state index is 11.6. The summed E-state index contributed by atoms with van der Waals surface area (Å²) < 4.78 is 0. The van der Waals surface area contributed by atoms with Gasteiger partial charge >= 0.3 is 0 Å². The van der Waals surface area contributed by atoms with E-state index in [0.717, 1.165) is 11.5 Å². The summed E-state index contributed by atoms with van der Waals surface area (Å²) in [5.74, 6) is 2.00. The second-order valence-electron chi connectivity index (χ2n) is 3.72. The number of rotatable bonds is 6. The molecule has 0 saturated heterocycles. The lowest BCUT2D eigenvalue weighted by Crippen LogP contribution is -2.43. The topological polar surface area (TPSA) is 55.1 Å². The van der Waals surface area contributed by atoms with Gasteiger partial charge in [0, 0.05) is 23.8 Å². The molecular formula is C10H22N2OS. The van der Waals surface area contributed by atoms with E-state index in [-0.39, 0.29) is 23.9 Å². The third-order valence-electron chi connectivity index (χ3n) is 2.16. The number of nitrogens with two attached hydrogens (primary N) is 1. The minimum atomic E-state index is -0.107. The molecule has 84 valence electrons. The van der Waals surface area contributed by atoms with Gasteiger partial charge in [-0.15, -0.1) is 0 Å². The van der Waals surface area contributed by atoms with Crippen molar-refractivity contribution < 1.29 is 4.79 Å². The summed E-state index contributed by atoms with van der Waals surface area (Å²) in [5, 5.41) is 2.96. The predicted molar refractivity (Wildman–Crippen MR) is 63.4 cm³/mol. The molecule has 0 radical (unpaired) electrons. The van der Waals surface area contributed by atoms with Crippen LogP contribution in [0, 0.1) is 5.92 Å². The second kappa shape index (κ2) is 7.12. The quantitative estimate of drug-likeness (QED) is 0.705. The number of thioether (sulfide) groups is 1. The van der Waals surface area contributed by atoms with Crippen LogP contribution in [-0.4, -0.2) is 29.5 Å². The van der Waals surface area contributed by atoms with E-state index in [2.05, 4.69) is 12.2 Å². The predicted octanol–water partition coefficient (Wildman–Crippen LogP) is 1.23. The molecule has 0 rings (SSSR count). The average Bonchev–Trinajstić information content (AvgIpc) is 2.13. The van der Waals surface area contributed by atoms with Gasteiger partial charge in [0.25, 0.3) is 0 Å². The van der Waals surface area contributed by atoms with Gasteiger partial charge in [0.15, 0.2) is 0 Å². The van der Waals surface area contributed by atoms with Crippen LogP contribution in [0.25, 0.3) is 0 Å². The number of carbonyl (C=O) groups excluding carboxylic acids is 1. The zero-order valence-electron chi connectivity index (χ0n) is 9.54. The smallest absolute Gasteiger partial charge is 0.224 e. The van der Waals surface area contributed by atoms with Crippen molar-refractivity contribution in [1.82, 2.24) is 5.32 Å². The van der Waals surface area contributed by atoms with Gasteiger partial charge in [-0.25, -0.2) is 0 Å². The largest absolute Gasteiger partial charge is 0.353 e. The lowest BCUT2D eigenvalue weighted by atomic mass is 10.0. The van der Waals surface area contributed by atoms with Crippen molar-refractivity contribution in [3.05, 3.63) is 0 Å². The minimum absolute atomic E-state index is 0.0594. The van der Waals surface area contributed by atoms with E-state index < -0.39 is 0 Å². The first-order valence-electron chi connectivity index (χ1n) is 5.12. The van der Waals surface area contributed by atoms with E-state index in [0.29, 0.717) is 0 Å². The van der Waals surface area contributed by atoms with Gasteiger partial charge in [-0.3, -0.25) is 4.79 Å². The Hall–Kier alpha value is -0.220. The molecule has 0 aliphatic carbocycles. The van der Waals surface area contributed by atoms with Crippen molar-refractivity contribution in [2.45, 2.75) is 39.8 Å². The van der Waals surface area contributed by atoms with E-state index in [1.807, 2.05) is 32.5 Å². The monoisotopic (exact) mass is 218 g/mol. The summed E-state index contributed by atoms with van der Waals surface area (Å²) in [6.45, 7) is 7.85. The Morgan fingerprint density at radius 3 is 2.43 bits per heavy atom. The van der Waals surface area contributed by atoms with Crippen molar-refractivity contribution in [3.8, 4) is 0 Å². The molecule has 0 aromatic carbocycles. The van der Waals surface area contributed by atoms with Crippen molar-refractivity contribution in [3.63, 3.8) is 0 Å². The number of hydrogen-bond acceptors (Lipinski definition) is 3. The van der Waals surface area contributed by atoms with E-state index in [1.54, 1.807) is 0 Å². The summed E-state index contributed by atoms with van der Waals surface area (Å²) in [5.41, 5.74) is 5.65.